The van der Waals surface area contributed by atoms with Crippen LogP contribution in [0.2, 0.25) is 5.02 Å². The van der Waals surface area contributed by atoms with Crippen LogP contribution in [0.25, 0.3) is 0 Å². The van der Waals surface area contributed by atoms with Crippen molar-refractivity contribution in [2.24, 2.45) is 0 Å². The summed E-state index contributed by atoms with van der Waals surface area (Å²) >= 11 is 5.63. The average Bonchev–Trinajstić information content (AvgIpc) is 2.92. The van der Waals surface area contributed by atoms with Gasteiger partial charge < -0.3 is 4.90 Å². The molecule has 2 aromatic rings. The molecule has 21 heavy (non-hydrogen) atoms. The molecule has 7 heteroatoms. The van der Waals surface area contributed by atoms with Crippen molar-refractivity contribution in [1.29, 1.82) is 0 Å². The lowest BCUT2D eigenvalue weighted by Gasteiger charge is -2.38. The van der Waals surface area contributed by atoms with Crippen LogP contribution in [-0.4, -0.2) is 38.9 Å². The van der Waals surface area contributed by atoms with E-state index in [0.717, 1.165) is 5.56 Å². The van der Waals surface area contributed by atoms with E-state index in [-0.39, 0.29) is 17.0 Å². The van der Waals surface area contributed by atoms with E-state index in [0.29, 0.717) is 25.9 Å². The molecule has 5 nitrogen and oxygen atoms in total. The number of carbonyl (C=O) groups is 1. The highest BCUT2D eigenvalue weighted by Gasteiger charge is 2.31. The Morgan fingerprint density at radius 3 is 2.90 bits per heavy atom. The SMILES string of the molecule is O=C(CCc1ccc(Cl)c(F)c1)N1CC(n2ccnn2)C1. The van der Waals surface area contributed by atoms with Crippen molar-refractivity contribution in [3.8, 4) is 0 Å². The van der Waals surface area contributed by atoms with E-state index in [2.05, 4.69) is 10.3 Å². The van der Waals surface area contributed by atoms with E-state index >= 15 is 0 Å². The number of aryl methyl sites for hydroxylation is 1. The van der Waals surface area contributed by atoms with Gasteiger partial charge in [-0.3, -0.25) is 4.79 Å². The Hall–Kier alpha value is -1.95. The number of carbonyl (C=O) groups excluding carboxylic acids is 1. The molecule has 0 saturated carbocycles. The van der Waals surface area contributed by atoms with Gasteiger partial charge in [0, 0.05) is 25.7 Å². The zero-order valence-corrected chi connectivity index (χ0v) is 12.0. The summed E-state index contributed by atoms with van der Waals surface area (Å²) in [6.45, 7) is 1.30. The summed E-state index contributed by atoms with van der Waals surface area (Å²) < 4.78 is 15.1. The molecule has 0 unspecified atom stereocenters. The number of rotatable bonds is 4. The van der Waals surface area contributed by atoms with Crippen molar-refractivity contribution in [2.75, 3.05) is 13.1 Å². The van der Waals surface area contributed by atoms with Crippen LogP contribution in [0.4, 0.5) is 4.39 Å². The van der Waals surface area contributed by atoms with Gasteiger partial charge in [0.1, 0.15) is 5.82 Å². The van der Waals surface area contributed by atoms with Gasteiger partial charge in [0.15, 0.2) is 0 Å². The molecule has 1 amide bonds. The first-order valence-electron chi connectivity index (χ1n) is 6.71. The summed E-state index contributed by atoms with van der Waals surface area (Å²) in [5.41, 5.74) is 0.776. The highest BCUT2D eigenvalue weighted by molar-refractivity contribution is 6.30. The average molecular weight is 309 g/mol. The normalized spacial score (nSPS) is 15.0. The Bertz CT molecular complexity index is 640. The minimum absolute atomic E-state index is 0.0710. The number of nitrogens with zero attached hydrogens (tertiary/aromatic N) is 4. The molecule has 1 aromatic carbocycles. The quantitative estimate of drug-likeness (QED) is 0.869. The molecule has 3 rings (SSSR count). The Balaban J connectivity index is 1.48. The van der Waals surface area contributed by atoms with E-state index in [9.17, 15) is 9.18 Å². The molecule has 1 saturated heterocycles. The van der Waals surface area contributed by atoms with Crippen LogP contribution < -0.4 is 0 Å². The molecule has 0 aliphatic carbocycles. The summed E-state index contributed by atoms with van der Waals surface area (Å²) in [5.74, 6) is -0.376. The predicted octanol–water partition coefficient (Wildman–Crippen LogP) is 2.09. The van der Waals surface area contributed by atoms with Crippen LogP contribution in [0, 0.1) is 5.82 Å². The number of likely N-dealkylation sites (tertiary alicyclic amines) is 1. The Morgan fingerprint density at radius 2 is 2.24 bits per heavy atom. The van der Waals surface area contributed by atoms with Crippen molar-refractivity contribution in [3.05, 3.63) is 47.0 Å². The fourth-order valence-electron chi connectivity index (χ4n) is 2.34. The molecule has 0 radical (unpaired) electrons. The molecular formula is C14H14ClFN4O. The fourth-order valence-corrected chi connectivity index (χ4v) is 2.46. The van der Waals surface area contributed by atoms with Gasteiger partial charge in [-0.25, -0.2) is 9.07 Å². The third-order valence-corrected chi connectivity index (χ3v) is 3.95. The first kappa shape index (κ1) is 14.0. The third kappa shape index (κ3) is 3.05. The highest BCUT2D eigenvalue weighted by Crippen LogP contribution is 2.21. The first-order valence-corrected chi connectivity index (χ1v) is 7.09. The number of benzene rings is 1. The summed E-state index contributed by atoms with van der Waals surface area (Å²) in [4.78, 5) is 13.8. The minimum atomic E-state index is -0.447. The molecule has 2 heterocycles. The van der Waals surface area contributed by atoms with Crippen LogP contribution >= 0.6 is 11.6 Å². The van der Waals surface area contributed by atoms with Gasteiger partial charge in [-0.05, 0) is 24.1 Å². The third-order valence-electron chi connectivity index (χ3n) is 3.64. The van der Waals surface area contributed by atoms with Crippen LogP contribution in [0.3, 0.4) is 0 Å². The van der Waals surface area contributed by atoms with Crippen molar-refractivity contribution >= 4 is 17.5 Å². The molecular weight excluding hydrogens is 295 g/mol. The van der Waals surface area contributed by atoms with Gasteiger partial charge in [-0.1, -0.05) is 22.9 Å². The minimum Gasteiger partial charge on any atom is -0.338 e. The molecule has 1 aliphatic rings. The first-order chi connectivity index (χ1) is 10.1. The van der Waals surface area contributed by atoms with Gasteiger partial charge in [-0.15, -0.1) is 5.10 Å². The lowest BCUT2D eigenvalue weighted by Crippen LogP contribution is -2.50. The number of hydrogen-bond acceptors (Lipinski definition) is 3. The van der Waals surface area contributed by atoms with Crippen LogP contribution in [0.15, 0.2) is 30.6 Å². The van der Waals surface area contributed by atoms with Crippen LogP contribution in [0.1, 0.15) is 18.0 Å². The maximum atomic E-state index is 13.3. The zero-order chi connectivity index (χ0) is 14.8. The molecule has 1 fully saturated rings. The second-order valence-corrected chi connectivity index (χ2v) is 5.49. The number of amides is 1. The van der Waals surface area contributed by atoms with E-state index in [1.165, 1.54) is 12.1 Å². The molecule has 1 aromatic heterocycles. The van der Waals surface area contributed by atoms with Crippen molar-refractivity contribution in [3.63, 3.8) is 0 Å². The number of halogens is 2. The van der Waals surface area contributed by atoms with E-state index in [1.807, 2.05) is 0 Å². The molecule has 110 valence electrons. The van der Waals surface area contributed by atoms with Crippen LogP contribution in [-0.2, 0) is 11.2 Å². The molecule has 1 aliphatic heterocycles. The topological polar surface area (TPSA) is 51.0 Å². The van der Waals surface area contributed by atoms with Crippen LogP contribution in [0.5, 0.6) is 0 Å². The summed E-state index contributed by atoms with van der Waals surface area (Å²) in [6.07, 6.45) is 4.30. The molecule has 0 N–H and O–H groups in total. The second-order valence-electron chi connectivity index (χ2n) is 5.08. The van der Waals surface area contributed by atoms with Gasteiger partial charge in [0.25, 0.3) is 0 Å². The Morgan fingerprint density at radius 1 is 1.43 bits per heavy atom. The van der Waals surface area contributed by atoms with Gasteiger partial charge in [0.2, 0.25) is 5.91 Å². The smallest absolute Gasteiger partial charge is 0.223 e. The number of aromatic nitrogens is 3. The molecule has 0 atom stereocenters. The van der Waals surface area contributed by atoms with E-state index in [4.69, 9.17) is 11.6 Å². The predicted molar refractivity (Wildman–Crippen MR) is 75.4 cm³/mol. The molecule has 0 bridgehead atoms. The van der Waals surface area contributed by atoms with Gasteiger partial charge in [0.05, 0.1) is 17.3 Å². The van der Waals surface area contributed by atoms with Crippen molar-refractivity contribution in [1.82, 2.24) is 19.9 Å². The monoisotopic (exact) mass is 308 g/mol. The summed E-state index contributed by atoms with van der Waals surface area (Å²) in [7, 11) is 0. The highest BCUT2D eigenvalue weighted by atomic mass is 35.5. The second kappa shape index (κ2) is 5.81. The van der Waals surface area contributed by atoms with Crippen molar-refractivity contribution in [2.45, 2.75) is 18.9 Å². The van der Waals surface area contributed by atoms with Gasteiger partial charge in [-0.2, -0.15) is 0 Å². The zero-order valence-electron chi connectivity index (χ0n) is 11.2. The van der Waals surface area contributed by atoms with Crippen molar-refractivity contribution < 1.29 is 9.18 Å². The lowest BCUT2D eigenvalue weighted by atomic mass is 10.1. The standard InChI is InChI=1S/C14H14ClFN4O/c15-12-3-1-10(7-13(12)16)2-4-14(21)19-8-11(9-19)20-6-5-17-18-20/h1,3,5-7,11H,2,4,8-9H2. The van der Waals surface area contributed by atoms with E-state index < -0.39 is 5.82 Å². The maximum absolute atomic E-state index is 13.3. The Kier molecular flexibility index (Phi) is 3.88. The summed E-state index contributed by atoms with van der Waals surface area (Å²) in [6, 6.07) is 4.85. The van der Waals surface area contributed by atoms with Gasteiger partial charge >= 0.3 is 0 Å². The largest absolute Gasteiger partial charge is 0.338 e. The fraction of sp³-hybridized carbons (Fsp3) is 0.357. The lowest BCUT2D eigenvalue weighted by molar-refractivity contribution is -0.137. The number of hydrogen-bond donors (Lipinski definition) is 0. The van der Waals surface area contributed by atoms with E-state index in [1.54, 1.807) is 28.0 Å². The molecule has 0 spiro atoms. The summed E-state index contributed by atoms with van der Waals surface area (Å²) in [5, 5.41) is 7.77. The maximum Gasteiger partial charge on any atom is 0.223 e. The Labute approximate surface area is 126 Å².